The molecule has 6 heteroatoms. The second-order valence-corrected chi connectivity index (χ2v) is 14.1. The Hall–Kier alpha value is -5.56. The molecule has 0 atom stereocenters. The minimum atomic E-state index is -0.505. The quantitative estimate of drug-likeness (QED) is 0.138. The van der Waals surface area contributed by atoms with Gasteiger partial charge in [0.1, 0.15) is 0 Å². The Bertz CT molecular complexity index is 2490. The van der Waals surface area contributed by atoms with Gasteiger partial charge in [-0.25, -0.2) is 9.50 Å². The number of aromatic nitrogens is 3. The molecular weight excluding hydrogens is 613 g/mol. The summed E-state index contributed by atoms with van der Waals surface area (Å²) in [5, 5.41) is 9.65. The largest absolute Gasteiger partial charge is 0.496 e. The Morgan fingerprint density at radius 3 is 1.62 bits per heavy atom. The zero-order valence-electron chi connectivity index (χ0n) is 28.6. The zero-order valence-corrected chi connectivity index (χ0v) is 28.6. The number of rotatable bonds is 5. The molecule has 2 aromatic heterocycles. The van der Waals surface area contributed by atoms with Crippen molar-refractivity contribution >= 4 is 39.8 Å². The average Bonchev–Trinajstić information content (AvgIpc) is 3.67. The molecule has 8 aromatic rings. The monoisotopic (exact) mass is 649 g/mol. The maximum absolute atomic E-state index is 6.68. The lowest BCUT2D eigenvalue weighted by Gasteiger charge is -2.32. The van der Waals surface area contributed by atoms with E-state index >= 15 is 0 Å². The smallest absolute Gasteiger partial charge is 0.399 e. The van der Waals surface area contributed by atoms with Crippen LogP contribution in [-0.4, -0.2) is 32.9 Å². The number of benzene rings is 6. The highest BCUT2D eigenvalue weighted by molar-refractivity contribution is 6.69. The number of pyridine rings is 1. The van der Waals surface area contributed by atoms with Gasteiger partial charge in [-0.05, 0) is 83.0 Å². The summed E-state index contributed by atoms with van der Waals surface area (Å²) in [7, 11) is -0.505. The Labute approximate surface area is 292 Å². The van der Waals surface area contributed by atoms with Crippen molar-refractivity contribution in [3.8, 4) is 44.8 Å². The summed E-state index contributed by atoms with van der Waals surface area (Å²) in [5.74, 6) is 0.672. The fourth-order valence-electron chi connectivity index (χ4n) is 7.28. The van der Waals surface area contributed by atoms with Gasteiger partial charge in [0.25, 0.3) is 0 Å². The van der Waals surface area contributed by atoms with E-state index in [4.69, 9.17) is 19.4 Å². The predicted octanol–water partition coefficient (Wildman–Crippen LogP) is 10.0. The van der Waals surface area contributed by atoms with E-state index in [-0.39, 0.29) is 0 Å². The molecule has 1 aliphatic heterocycles. The summed E-state index contributed by atoms with van der Waals surface area (Å²) < 4.78 is 15.3. The van der Waals surface area contributed by atoms with E-state index in [1.807, 2.05) is 16.6 Å². The lowest BCUT2D eigenvalue weighted by atomic mass is 9.71. The third-order valence-electron chi connectivity index (χ3n) is 10.5. The van der Waals surface area contributed by atoms with Gasteiger partial charge in [-0.1, -0.05) is 133 Å². The molecule has 3 heterocycles. The van der Waals surface area contributed by atoms with Crippen LogP contribution in [0.4, 0.5) is 0 Å². The average molecular weight is 650 g/mol. The first-order valence-electron chi connectivity index (χ1n) is 17.2. The molecule has 1 fully saturated rings. The van der Waals surface area contributed by atoms with Crippen molar-refractivity contribution in [2.24, 2.45) is 0 Å². The summed E-state index contributed by atoms with van der Waals surface area (Å²) in [6, 6.07) is 48.8. The molecule has 0 spiro atoms. The first-order valence-corrected chi connectivity index (χ1v) is 17.2. The minimum Gasteiger partial charge on any atom is -0.399 e. The molecule has 1 aliphatic rings. The highest BCUT2D eigenvalue weighted by Gasteiger charge is 2.52. The molecule has 6 aromatic carbocycles. The van der Waals surface area contributed by atoms with Crippen molar-refractivity contribution in [3.05, 3.63) is 146 Å². The summed E-state index contributed by atoms with van der Waals surface area (Å²) in [4.78, 5) is 5.26. The van der Waals surface area contributed by atoms with Crippen molar-refractivity contribution in [1.29, 1.82) is 0 Å². The van der Waals surface area contributed by atoms with E-state index < -0.39 is 18.3 Å². The third kappa shape index (κ3) is 4.86. The third-order valence-corrected chi connectivity index (χ3v) is 10.5. The zero-order chi connectivity index (χ0) is 34.0. The van der Waals surface area contributed by atoms with Crippen LogP contribution in [-0.2, 0) is 9.31 Å². The van der Waals surface area contributed by atoms with Crippen molar-refractivity contribution in [2.45, 2.75) is 38.9 Å². The van der Waals surface area contributed by atoms with Crippen LogP contribution in [0.15, 0.2) is 146 Å². The molecule has 5 nitrogen and oxygen atoms in total. The molecule has 0 N–H and O–H groups in total. The SMILES string of the molecule is CC1(C)OB(c2c3ccccc3c(-c3ccccc3-c3nc4c(-c5ccccc5)cc(-c5ccccc5)cn4n3)c3ccccc23)OC1(C)C. The highest BCUT2D eigenvalue weighted by Crippen LogP contribution is 2.43. The van der Waals surface area contributed by atoms with Gasteiger partial charge < -0.3 is 9.31 Å². The molecule has 0 radical (unpaired) electrons. The minimum absolute atomic E-state index is 0.459. The van der Waals surface area contributed by atoms with Gasteiger partial charge in [-0.2, -0.15) is 0 Å². The standard InChI is InChI=1S/C44H36BN3O2/c1-43(2)44(3,4)50-45(49-43)40-35-24-14-11-21-32(35)39(33-22-12-15-25-36(33)40)34-23-13-16-26-37(34)41-46-42-38(30-19-9-6-10-20-30)27-31(28-48(42)47-41)29-17-7-5-8-18-29/h5-28H,1-4H3. The van der Waals surface area contributed by atoms with Gasteiger partial charge in [0.05, 0.1) is 11.2 Å². The van der Waals surface area contributed by atoms with Crippen molar-refractivity contribution in [3.63, 3.8) is 0 Å². The van der Waals surface area contributed by atoms with E-state index in [0.29, 0.717) is 5.82 Å². The normalized spacial score (nSPS) is 15.3. The first kappa shape index (κ1) is 30.5. The fourth-order valence-corrected chi connectivity index (χ4v) is 7.28. The van der Waals surface area contributed by atoms with Crippen molar-refractivity contribution in [2.75, 3.05) is 0 Å². The molecule has 0 unspecified atom stereocenters. The van der Waals surface area contributed by atoms with Crippen molar-refractivity contribution < 1.29 is 9.31 Å². The molecule has 242 valence electrons. The van der Waals surface area contributed by atoms with Crippen LogP contribution >= 0.6 is 0 Å². The Morgan fingerprint density at radius 1 is 0.520 bits per heavy atom. The number of nitrogens with zero attached hydrogens (tertiary/aromatic N) is 3. The molecule has 50 heavy (non-hydrogen) atoms. The van der Waals surface area contributed by atoms with Crippen LogP contribution < -0.4 is 5.46 Å². The second-order valence-electron chi connectivity index (χ2n) is 14.1. The van der Waals surface area contributed by atoms with Crippen LogP contribution in [0.3, 0.4) is 0 Å². The summed E-state index contributed by atoms with van der Waals surface area (Å²) in [6.07, 6.45) is 2.08. The molecule has 0 saturated carbocycles. The van der Waals surface area contributed by atoms with Crippen LogP contribution in [0.25, 0.3) is 72.0 Å². The molecule has 0 amide bonds. The summed E-state index contributed by atoms with van der Waals surface area (Å²) in [6.45, 7) is 8.43. The molecule has 1 saturated heterocycles. The van der Waals surface area contributed by atoms with E-state index in [0.717, 1.165) is 71.6 Å². The molecule has 0 bridgehead atoms. The van der Waals surface area contributed by atoms with Gasteiger partial charge in [0.15, 0.2) is 11.5 Å². The van der Waals surface area contributed by atoms with Gasteiger partial charge in [0.2, 0.25) is 0 Å². The summed E-state index contributed by atoms with van der Waals surface area (Å²) in [5.41, 5.74) is 8.46. The van der Waals surface area contributed by atoms with E-state index in [9.17, 15) is 0 Å². The van der Waals surface area contributed by atoms with Gasteiger partial charge >= 0.3 is 7.12 Å². The van der Waals surface area contributed by atoms with Crippen LogP contribution in [0, 0.1) is 0 Å². The first-order chi connectivity index (χ1) is 24.3. The Morgan fingerprint density at radius 2 is 1.02 bits per heavy atom. The lowest BCUT2D eigenvalue weighted by Crippen LogP contribution is -2.41. The molecule has 9 rings (SSSR count). The van der Waals surface area contributed by atoms with Crippen LogP contribution in [0.2, 0.25) is 0 Å². The molecule has 0 aliphatic carbocycles. The fraction of sp³-hybridized carbons (Fsp3) is 0.136. The molecular formula is C44H36BN3O2. The van der Waals surface area contributed by atoms with Crippen LogP contribution in [0.1, 0.15) is 27.7 Å². The lowest BCUT2D eigenvalue weighted by molar-refractivity contribution is 0.00578. The topological polar surface area (TPSA) is 48.7 Å². The highest BCUT2D eigenvalue weighted by atomic mass is 16.7. The van der Waals surface area contributed by atoms with Crippen molar-refractivity contribution in [1.82, 2.24) is 14.6 Å². The maximum Gasteiger partial charge on any atom is 0.496 e. The Balaban J connectivity index is 1.28. The Kier molecular flexibility index (Phi) is 7.02. The van der Waals surface area contributed by atoms with E-state index in [1.165, 1.54) is 0 Å². The predicted molar refractivity (Wildman–Crippen MR) is 205 cm³/mol. The van der Waals surface area contributed by atoms with Gasteiger partial charge in [0, 0.05) is 22.9 Å². The number of hydrogen-bond donors (Lipinski definition) is 0. The maximum atomic E-state index is 6.68. The van der Waals surface area contributed by atoms with Gasteiger partial charge in [-0.3, -0.25) is 0 Å². The summed E-state index contributed by atoms with van der Waals surface area (Å²) >= 11 is 0. The number of fused-ring (bicyclic) bond motifs is 3. The van der Waals surface area contributed by atoms with Crippen LogP contribution in [0.5, 0.6) is 0 Å². The van der Waals surface area contributed by atoms with E-state index in [2.05, 4.69) is 161 Å². The number of hydrogen-bond acceptors (Lipinski definition) is 4. The van der Waals surface area contributed by atoms with E-state index in [1.54, 1.807) is 0 Å². The second kappa shape index (κ2) is 11.5. The van der Waals surface area contributed by atoms with Gasteiger partial charge in [-0.15, -0.1) is 5.10 Å².